The molecule has 21 heavy (non-hydrogen) atoms. The van der Waals surface area contributed by atoms with Gasteiger partial charge in [-0.25, -0.2) is 0 Å². The van der Waals surface area contributed by atoms with Gasteiger partial charge >= 0.3 is 5.97 Å². The maximum absolute atomic E-state index is 12.1. The number of nitrogens with zero attached hydrogens (tertiary/aromatic N) is 3. The van der Waals surface area contributed by atoms with Gasteiger partial charge < -0.3 is 14.5 Å². The first kappa shape index (κ1) is 15.5. The van der Waals surface area contributed by atoms with Crippen molar-refractivity contribution in [2.75, 3.05) is 13.1 Å². The van der Waals surface area contributed by atoms with E-state index in [0.29, 0.717) is 50.5 Å². The largest absolute Gasteiger partial charge is 0.481 e. The molecule has 0 atom stereocenters. The molecule has 1 aliphatic heterocycles. The molecule has 1 N–H and O–H groups in total. The smallest absolute Gasteiger partial charge is 0.306 e. The van der Waals surface area contributed by atoms with E-state index in [1.165, 1.54) is 0 Å². The lowest BCUT2D eigenvalue weighted by Gasteiger charge is -2.30. The van der Waals surface area contributed by atoms with Crippen molar-refractivity contribution in [3.05, 3.63) is 11.7 Å². The van der Waals surface area contributed by atoms with Gasteiger partial charge in [0.25, 0.3) is 0 Å². The van der Waals surface area contributed by atoms with Crippen LogP contribution in [-0.2, 0) is 22.4 Å². The molecule has 0 aromatic carbocycles. The SMILES string of the molecule is CCCc1noc(CCC(=O)N2CCC(C(=O)O)CC2)n1. The highest BCUT2D eigenvalue weighted by Gasteiger charge is 2.26. The molecule has 0 bridgehead atoms. The van der Waals surface area contributed by atoms with Gasteiger partial charge in [0, 0.05) is 32.4 Å². The van der Waals surface area contributed by atoms with Crippen molar-refractivity contribution in [2.24, 2.45) is 5.92 Å². The average molecular weight is 295 g/mol. The molecule has 7 nitrogen and oxygen atoms in total. The van der Waals surface area contributed by atoms with E-state index in [-0.39, 0.29) is 11.8 Å². The van der Waals surface area contributed by atoms with Crippen LogP contribution in [0.4, 0.5) is 0 Å². The Balaban J connectivity index is 1.75. The number of piperidine rings is 1. The predicted molar refractivity (Wildman–Crippen MR) is 73.6 cm³/mol. The number of amides is 1. The van der Waals surface area contributed by atoms with E-state index < -0.39 is 5.97 Å². The lowest BCUT2D eigenvalue weighted by atomic mass is 9.97. The van der Waals surface area contributed by atoms with E-state index in [9.17, 15) is 9.59 Å². The molecular weight excluding hydrogens is 274 g/mol. The Kier molecular flexibility index (Phi) is 5.30. The molecule has 116 valence electrons. The lowest BCUT2D eigenvalue weighted by molar-refractivity contribution is -0.145. The number of carboxylic acid groups (broad SMARTS) is 1. The molecule has 1 amide bonds. The van der Waals surface area contributed by atoms with Gasteiger partial charge in [0.2, 0.25) is 11.8 Å². The molecule has 0 unspecified atom stereocenters. The fourth-order valence-electron chi connectivity index (χ4n) is 2.46. The van der Waals surface area contributed by atoms with Crippen molar-refractivity contribution in [2.45, 2.75) is 45.4 Å². The van der Waals surface area contributed by atoms with Crippen LogP contribution < -0.4 is 0 Å². The van der Waals surface area contributed by atoms with Gasteiger partial charge in [0.15, 0.2) is 5.82 Å². The summed E-state index contributed by atoms with van der Waals surface area (Å²) in [5, 5.41) is 12.8. The van der Waals surface area contributed by atoms with E-state index in [1.54, 1.807) is 4.90 Å². The van der Waals surface area contributed by atoms with Crippen molar-refractivity contribution < 1.29 is 19.2 Å². The summed E-state index contributed by atoms with van der Waals surface area (Å²) in [6, 6.07) is 0. The van der Waals surface area contributed by atoms with E-state index >= 15 is 0 Å². The van der Waals surface area contributed by atoms with Crippen molar-refractivity contribution in [1.82, 2.24) is 15.0 Å². The molecule has 1 aromatic rings. The number of hydrogen-bond donors (Lipinski definition) is 1. The third-order valence-corrected chi connectivity index (χ3v) is 3.73. The zero-order chi connectivity index (χ0) is 15.2. The quantitative estimate of drug-likeness (QED) is 0.849. The van der Waals surface area contributed by atoms with Crippen LogP contribution in [0.15, 0.2) is 4.52 Å². The molecule has 7 heteroatoms. The van der Waals surface area contributed by atoms with Gasteiger partial charge in [-0.3, -0.25) is 9.59 Å². The fourth-order valence-corrected chi connectivity index (χ4v) is 2.46. The van der Waals surface area contributed by atoms with E-state index in [0.717, 1.165) is 12.8 Å². The van der Waals surface area contributed by atoms with E-state index in [1.807, 2.05) is 6.92 Å². The second-order valence-electron chi connectivity index (χ2n) is 5.35. The molecule has 1 aromatic heterocycles. The normalized spacial score (nSPS) is 16.1. The number of carboxylic acids is 1. The number of hydrogen-bond acceptors (Lipinski definition) is 5. The molecule has 1 fully saturated rings. The van der Waals surface area contributed by atoms with Crippen LogP contribution in [0.2, 0.25) is 0 Å². The van der Waals surface area contributed by atoms with Crippen molar-refractivity contribution in [3.8, 4) is 0 Å². The number of aromatic nitrogens is 2. The first-order valence-electron chi connectivity index (χ1n) is 7.42. The van der Waals surface area contributed by atoms with Gasteiger partial charge in [0.05, 0.1) is 5.92 Å². The number of carbonyl (C=O) groups excluding carboxylic acids is 1. The van der Waals surface area contributed by atoms with Gasteiger partial charge in [-0.2, -0.15) is 4.98 Å². The second-order valence-corrected chi connectivity index (χ2v) is 5.35. The van der Waals surface area contributed by atoms with Crippen LogP contribution in [-0.4, -0.2) is 45.1 Å². The highest BCUT2D eigenvalue weighted by Crippen LogP contribution is 2.18. The summed E-state index contributed by atoms with van der Waals surface area (Å²) in [6.07, 6.45) is 3.56. The summed E-state index contributed by atoms with van der Waals surface area (Å²) in [5.41, 5.74) is 0. The zero-order valence-electron chi connectivity index (χ0n) is 12.2. The first-order valence-corrected chi connectivity index (χ1v) is 7.42. The topological polar surface area (TPSA) is 96.5 Å². The summed E-state index contributed by atoms with van der Waals surface area (Å²) in [4.78, 5) is 28.9. The Labute approximate surface area is 123 Å². The Hall–Kier alpha value is -1.92. The minimum atomic E-state index is -0.767. The molecule has 2 rings (SSSR count). The lowest BCUT2D eigenvalue weighted by Crippen LogP contribution is -2.40. The standard InChI is InChI=1S/C14H21N3O4/c1-2-3-11-15-12(21-16-11)4-5-13(18)17-8-6-10(7-9-17)14(19)20/h10H,2-9H2,1H3,(H,19,20). The number of aliphatic carboxylic acids is 1. The fraction of sp³-hybridized carbons (Fsp3) is 0.714. The Bertz CT molecular complexity index is 492. The van der Waals surface area contributed by atoms with Crippen molar-refractivity contribution in [3.63, 3.8) is 0 Å². The molecule has 1 aliphatic rings. The maximum atomic E-state index is 12.1. The number of aryl methyl sites for hydroxylation is 2. The highest BCUT2D eigenvalue weighted by atomic mass is 16.5. The van der Waals surface area contributed by atoms with Gasteiger partial charge in [-0.1, -0.05) is 12.1 Å². The van der Waals surface area contributed by atoms with E-state index in [4.69, 9.17) is 9.63 Å². The highest BCUT2D eigenvalue weighted by molar-refractivity contribution is 5.77. The zero-order valence-corrected chi connectivity index (χ0v) is 12.2. The van der Waals surface area contributed by atoms with Crippen LogP contribution in [0.5, 0.6) is 0 Å². The van der Waals surface area contributed by atoms with Crippen LogP contribution in [0.1, 0.15) is 44.3 Å². The van der Waals surface area contributed by atoms with Crippen LogP contribution in [0, 0.1) is 5.92 Å². The Morgan fingerprint density at radius 3 is 2.67 bits per heavy atom. The van der Waals surface area contributed by atoms with Gasteiger partial charge in [-0.15, -0.1) is 0 Å². The summed E-state index contributed by atoms with van der Waals surface area (Å²) in [7, 11) is 0. The van der Waals surface area contributed by atoms with Gasteiger partial charge in [0.1, 0.15) is 0 Å². The number of rotatable bonds is 6. The van der Waals surface area contributed by atoms with Crippen molar-refractivity contribution in [1.29, 1.82) is 0 Å². The summed E-state index contributed by atoms with van der Waals surface area (Å²) >= 11 is 0. The summed E-state index contributed by atoms with van der Waals surface area (Å²) in [5.74, 6) is 0.113. The molecule has 0 radical (unpaired) electrons. The molecule has 0 spiro atoms. The third-order valence-electron chi connectivity index (χ3n) is 3.73. The molecular formula is C14H21N3O4. The third kappa shape index (κ3) is 4.27. The van der Waals surface area contributed by atoms with E-state index in [2.05, 4.69) is 10.1 Å². The average Bonchev–Trinajstić information content (AvgIpc) is 2.93. The number of carbonyl (C=O) groups is 2. The second kappa shape index (κ2) is 7.19. The molecule has 0 aliphatic carbocycles. The van der Waals surface area contributed by atoms with Crippen LogP contribution in [0.25, 0.3) is 0 Å². The Morgan fingerprint density at radius 1 is 1.33 bits per heavy atom. The minimum absolute atomic E-state index is 0.0223. The molecule has 2 heterocycles. The summed E-state index contributed by atoms with van der Waals surface area (Å²) < 4.78 is 5.09. The van der Waals surface area contributed by atoms with Crippen LogP contribution >= 0.6 is 0 Å². The predicted octanol–water partition coefficient (Wildman–Crippen LogP) is 1.28. The Morgan fingerprint density at radius 2 is 2.05 bits per heavy atom. The number of likely N-dealkylation sites (tertiary alicyclic amines) is 1. The minimum Gasteiger partial charge on any atom is -0.481 e. The van der Waals surface area contributed by atoms with Crippen LogP contribution in [0.3, 0.4) is 0 Å². The molecule has 0 saturated carbocycles. The monoisotopic (exact) mass is 295 g/mol. The maximum Gasteiger partial charge on any atom is 0.306 e. The van der Waals surface area contributed by atoms with Crippen molar-refractivity contribution >= 4 is 11.9 Å². The molecule has 1 saturated heterocycles. The van der Waals surface area contributed by atoms with Gasteiger partial charge in [-0.05, 0) is 19.3 Å². The summed E-state index contributed by atoms with van der Waals surface area (Å²) in [6.45, 7) is 3.07. The first-order chi connectivity index (χ1) is 10.1.